The standard InChI is InChI=1S/C13H14F2O3.BrH/c14-12(15)7-6-10(8-12)13(18,11(16)17)9-4-2-1-3-5-9;/h1-5,10,18H,6-8H2,(H,16,17);1H/t10-,13+;/m1./s1. The van der Waals surface area contributed by atoms with E-state index in [1.54, 1.807) is 18.2 Å². The van der Waals surface area contributed by atoms with Gasteiger partial charge in [-0.05, 0) is 12.0 Å². The van der Waals surface area contributed by atoms with Crippen molar-refractivity contribution in [1.82, 2.24) is 0 Å². The topological polar surface area (TPSA) is 57.5 Å². The van der Waals surface area contributed by atoms with Crippen molar-refractivity contribution in [3.05, 3.63) is 35.9 Å². The molecule has 1 aromatic carbocycles. The van der Waals surface area contributed by atoms with Gasteiger partial charge in [-0.2, -0.15) is 0 Å². The van der Waals surface area contributed by atoms with Gasteiger partial charge in [-0.1, -0.05) is 30.3 Å². The molecule has 106 valence electrons. The first-order valence-corrected chi connectivity index (χ1v) is 5.75. The van der Waals surface area contributed by atoms with Crippen molar-refractivity contribution in [2.75, 3.05) is 0 Å². The zero-order chi connectivity index (χ0) is 13.4. The fraction of sp³-hybridized carbons (Fsp3) is 0.462. The van der Waals surface area contributed by atoms with Crippen LogP contribution in [0.25, 0.3) is 0 Å². The molecular formula is C13H15BrF2O3. The van der Waals surface area contributed by atoms with Crippen molar-refractivity contribution < 1.29 is 23.8 Å². The molecule has 1 aliphatic rings. The summed E-state index contributed by atoms with van der Waals surface area (Å²) in [5.74, 6) is -5.33. The van der Waals surface area contributed by atoms with Gasteiger partial charge in [-0.3, -0.25) is 0 Å². The van der Waals surface area contributed by atoms with Gasteiger partial charge in [-0.15, -0.1) is 17.0 Å². The van der Waals surface area contributed by atoms with Crippen LogP contribution in [-0.2, 0) is 10.4 Å². The van der Waals surface area contributed by atoms with Gasteiger partial charge in [0, 0.05) is 18.8 Å². The number of halogens is 3. The molecule has 0 aromatic heterocycles. The van der Waals surface area contributed by atoms with Gasteiger partial charge < -0.3 is 10.2 Å². The molecule has 2 N–H and O–H groups in total. The molecule has 0 unspecified atom stereocenters. The van der Waals surface area contributed by atoms with E-state index in [1.807, 2.05) is 0 Å². The highest BCUT2D eigenvalue weighted by molar-refractivity contribution is 8.93. The Bertz CT molecular complexity index is 452. The van der Waals surface area contributed by atoms with Crippen LogP contribution in [-0.4, -0.2) is 22.1 Å². The van der Waals surface area contributed by atoms with E-state index >= 15 is 0 Å². The molecule has 0 heterocycles. The minimum Gasteiger partial charge on any atom is -0.479 e. The minimum absolute atomic E-state index is 0. The van der Waals surface area contributed by atoms with E-state index in [1.165, 1.54) is 12.1 Å². The quantitative estimate of drug-likeness (QED) is 0.892. The lowest BCUT2D eigenvalue weighted by molar-refractivity contribution is -0.167. The third-order valence-electron chi connectivity index (χ3n) is 3.53. The molecule has 3 nitrogen and oxygen atoms in total. The number of benzene rings is 1. The molecule has 0 aliphatic heterocycles. The van der Waals surface area contributed by atoms with Crippen LogP contribution >= 0.6 is 17.0 Å². The highest BCUT2D eigenvalue weighted by Gasteiger charge is 2.53. The van der Waals surface area contributed by atoms with E-state index in [0.29, 0.717) is 0 Å². The fourth-order valence-corrected chi connectivity index (χ4v) is 2.53. The number of rotatable bonds is 3. The van der Waals surface area contributed by atoms with Crippen molar-refractivity contribution in [2.45, 2.75) is 30.8 Å². The first-order valence-electron chi connectivity index (χ1n) is 5.75. The molecular weight excluding hydrogens is 322 g/mol. The number of alkyl halides is 2. The maximum absolute atomic E-state index is 13.2. The van der Waals surface area contributed by atoms with E-state index in [2.05, 4.69) is 0 Å². The summed E-state index contributed by atoms with van der Waals surface area (Å²) in [5, 5.41) is 19.6. The maximum atomic E-state index is 13.2. The SMILES string of the molecule is Br.O=C(O)[C@](O)(c1ccccc1)[C@@H]1CCC(F)(F)C1. The van der Waals surface area contributed by atoms with Crippen LogP contribution in [0, 0.1) is 5.92 Å². The van der Waals surface area contributed by atoms with Crippen molar-refractivity contribution in [2.24, 2.45) is 5.92 Å². The predicted molar refractivity (Wildman–Crippen MR) is 70.6 cm³/mol. The van der Waals surface area contributed by atoms with Gasteiger partial charge in [0.25, 0.3) is 0 Å². The summed E-state index contributed by atoms with van der Waals surface area (Å²) < 4.78 is 26.4. The molecule has 0 radical (unpaired) electrons. The average Bonchev–Trinajstić information content (AvgIpc) is 2.70. The number of hydrogen-bond acceptors (Lipinski definition) is 2. The number of carboxylic acid groups (broad SMARTS) is 1. The second kappa shape index (κ2) is 5.54. The zero-order valence-electron chi connectivity index (χ0n) is 10.1. The Morgan fingerprint density at radius 1 is 1.32 bits per heavy atom. The first-order chi connectivity index (χ1) is 8.36. The van der Waals surface area contributed by atoms with Crippen LogP contribution in [0.15, 0.2) is 30.3 Å². The molecule has 2 atom stereocenters. The first kappa shape index (κ1) is 16.0. The summed E-state index contributed by atoms with van der Waals surface area (Å²) in [6.07, 6.45) is -0.963. The summed E-state index contributed by atoms with van der Waals surface area (Å²) in [5.41, 5.74) is -2.08. The maximum Gasteiger partial charge on any atom is 0.340 e. The van der Waals surface area contributed by atoms with E-state index in [9.17, 15) is 23.8 Å². The summed E-state index contributed by atoms with van der Waals surface area (Å²) in [4.78, 5) is 11.3. The number of hydrogen-bond donors (Lipinski definition) is 2. The van der Waals surface area contributed by atoms with Crippen LogP contribution < -0.4 is 0 Å². The predicted octanol–water partition coefficient (Wildman–Crippen LogP) is 2.97. The Kier molecular flexibility index (Phi) is 4.68. The fourth-order valence-electron chi connectivity index (χ4n) is 2.53. The van der Waals surface area contributed by atoms with E-state index in [-0.39, 0.29) is 35.4 Å². The molecule has 6 heteroatoms. The normalized spacial score (nSPS) is 24.3. The molecule has 19 heavy (non-hydrogen) atoms. The monoisotopic (exact) mass is 336 g/mol. The van der Waals surface area contributed by atoms with Crippen molar-refractivity contribution in [3.8, 4) is 0 Å². The summed E-state index contributed by atoms with van der Waals surface area (Å²) in [6.45, 7) is 0. The summed E-state index contributed by atoms with van der Waals surface area (Å²) >= 11 is 0. The van der Waals surface area contributed by atoms with Crippen molar-refractivity contribution in [3.63, 3.8) is 0 Å². The lowest BCUT2D eigenvalue weighted by Gasteiger charge is -2.30. The summed E-state index contributed by atoms with van der Waals surface area (Å²) in [6, 6.07) is 7.73. The molecule has 0 amide bonds. The van der Waals surface area contributed by atoms with E-state index in [4.69, 9.17) is 0 Å². The number of carbonyl (C=O) groups is 1. The van der Waals surface area contributed by atoms with Crippen LogP contribution in [0.5, 0.6) is 0 Å². The summed E-state index contributed by atoms with van der Waals surface area (Å²) in [7, 11) is 0. The van der Waals surface area contributed by atoms with Gasteiger partial charge in [0.05, 0.1) is 0 Å². The Hall–Kier alpha value is -1.01. The van der Waals surface area contributed by atoms with Crippen molar-refractivity contribution >= 4 is 23.0 Å². The van der Waals surface area contributed by atoms with E-state index in [0.717, 1.165) is 0 Å². The number of aliphatic carboxylic acids is 1. The highest BCUT2D eigenvalue weighted by atomic mass is 79.9. The third kappa shape index (κ3) is 2.95. The van der Waals surface area contributed by atoms with Gasteiger partial charge in [-0.25, -0.2) is 13.6 Å². The van der Waals surface area contributed by atoms with E-state index < -0.39 is 29.8 Å². The van der Waals surface area contributed by atoms with Crippen LogP contribution in [0.1, 0.15) is 24.8 Å². The highest BCUT2D eigenvalue weighted by Crippen LogP contribution is 2.47. The molecule has 2 rings (SSSR count). The van der Waals surface area contributed by atoms with Crippen LogP contribution in [0.4, 0.5) is 8.78 Å². The molecule has 0 spiro atoms. The Morgan fingerprint density at radius 3 is 2.32 bits per heavy atom. The van der Waals surface area contributed by atoms with Gasteiger partial charge >= 0.3 is 5.97 Å². The second-order valence-electron chi connectivity index (χ2n) is 4.73. The zero-order valence-corrected chi connectivity index (χ0v) is 11.8. The lowest BCUT2D eigenvalue weighted by atomic mass is 9.80. The number of carboxylic acids is 1. The Balaban J connectivity index is 0.00000180. The average molecular weight is 337 g/mol. The van der Waals surface area contributed by atoms with Crippen LogP contribution in [0.3, 0.4) is 0 Å². The Labute approximate surface area is 120 Å². The van der Waals surface area contributed by atoms with Gasteiger partial charge in [0.15, 0.2) is 5.60 Å². The van der Waals surface area contributed by atoms with Crippen molar-refractivity contribution in [1.29, 1.82) is 0 Å². The Morgan fingerprint density at radius 2 is 1.89 bits per heavy atom. The second-order valence-corrected chi connectivity index (χ2v) is 4.73. The van der Waals surface area contributed by atoms with Crippen LogP contribution in [0.2, 0.25) is 0 Å². The minimum atomic E-state index is -2.89. The molecule has 0 saturated heterocycles. The lowest BCUT2D eigenvalue weighted by Crippen LogP contribution is -2.42. The molecule has 0 bridgehead atoms. The molecule has 1 aliphatic carbocycles. The molecule has 1 aromatic rings. The molecule has 1 fully saturated rings. The largest absolute Gasteiger partial charge is 0.479 e. The van der Waals surface area contributed by atoms with Gasteiger partial charge in [0.2, 0.25) is 5.92 Å². The van der Waals surface area contributed by atoms with Gasteiger partial charge in [0.1, 0.15) is 0 Å². The third-order valence-corrected chi connectivity index (χ3v) is 3.53. The molecule has 1 saturated carbocycles. The smallest absolute Gasteiger partial charge is 0.340 e. The number of aliphatic hydroxyl groups is 1.